The van der Waals surface area contributed by atoms with Crippen molar-refractivity contribution in [3.05, 3.63) is 52.5 Å². The van der Waals surface area contributed by atoms with Crippen molar-refractivity contribution in [2.24, 2.45) is 7.05 Å². The van der Waals surface area contributed by atoms with Gasteiger partial charge in [-0.3, -0.25) is 9.78 Å². The van der Waals surface area contributed by atoms with Gasteiger partial charge in [-0.15, -0.1) is 0 Å². The predicted octanol–water partition coefficient (Wildman–Crippen LogP) is 2.83. The molecule has 116 valence electrons. The van der Waals surface area contributed by atoms with E-state index >= 15 is 0 Å². The molecule has 2 aromatic heterocycles. The number of aryl methyl sites for hydroxylation is 1. The topological polar surface area (TPSA) is 56.2 Å². The van der Waals surface area contributed by atoms with Crippen LogP contribution in [0.25, 0.3) is 0 Å². The summed E-state index contributed by atoms with van der Waals surface area (Å²) in [6.45, 7) is 0.717. The van der Waals surface area contributed by atoms with Crippen molar-refractivity contribution < 1.29 is 9.53 Å². The highest BCUT2D eigenvalue weighted by Gasteiger charge is 2.29. The molecule has 0 saturated carbocycles. The van der Waals surface area contributed by atoms with Crippen molar-refractivity contribution in [1.29, 1.82) is 0 Å². The Kier molecular flexibility index (Phi) is 4.59. The fourth-order valence-electron chi connectivity index (χ4n) is 2.80. The van der Waals surface area contributed by atoms with Gasteiger partial charge in [0.1, 0.15) is 11.8 Å². The van der Waals surface area contributed by atoms with E-state index in [0.717, 1.165) is 29.5 Å². The van der Waals surface area contributed by atoms with Crippen LogP contribution in [0.4, 0.5) is 0 Å². The van der Waals surface area contributed by atoms with Crippen molar-refractivity contribution >= 4 is 21.8 Å². The first-order chi connectivity index (χ1) is 10.6. The predicted molar refractivity (Wildman–Crippen MR) is 86.5 cm³/mol. The minimum atomic E-state index is -0.121. The summed E-state index contributed by atoms with van der Waals surface area (Å²) in [5, 5.41) is 3.11. The lowest BCUT2D eigenvalue weighted by atomic mass is 9.96. The number of ether oxygens (including phenoxy) is 1. The van der Waals surface area contributed by atoms with Crippen LogP contribution in [0.3, 0.4) is 0 Å². The Morgan fingerprint density at radius 2 is 2.23 bits per heavy atom. The minimum Gasteiger partial charge on any atom is -0.371 e. The number of aromatic nitrogens is 2. The van der Waals surface area contributed by atoms with E-state index in [1.165, 1.54) is 0 Å². The summed E-state index contributed by atoms with van der Waals surface area (Å²) >= 11 is 3.39. The minimum absolute atomic E-state index is 0.0303. The third-order valence-electron chi connectivity index (χ3n) is 3.88. The summed E-state index contributed by atoms with van der Waals surface area (Å²) in [6, 6.07) is 5.67. The van der Waals surface area contributed by atoms with Crippen LogP contribution >= 0.6 is 15.9 Å². The third kappa shape index (κ3) is 3.23. The van der Waals surface area contributed by atoms with Gasteiger partial charge in [-0.1, -0.05) is 0 Å². The largest absolute Gasteiger partial charge is 0.371 e. The Bertz CT molecular complexity index is 657. The van der Waals surface area contributed by atoms with Crippen molar-refractivity contribution in [1.82, 2.24) is 14.9 Å². The lowest BCUT2D eigenvalue weighted by Gasteiger charge is -2.32. The Hall–Kier alpha value is -1.66. The first-order valence-electron chi connectivity index (χ1n) is 7.29. The Morgan fingerprint density at radius 1 is 1.45 bits per heavy atom. The van der Waals surface area contributed by atoms with E-state index in [9.17, 15) is 4.79 Å². The molecular weight excluding hydrogens is 346 g/mol. The number of rotatable bonds is 3. The second-order valence-electron chi connectivity index (χ2n) is 5.45. The van der Waals surface area contributed by atoms with Gasteiger partial charge in [0.15, 0.2) is 0 Å². The average molecular weight is 364 g/mol. The van der Waals surface area contributed by atoms with E-state index in [2.05, 4.69) is 26.2 Å². The summed E-state index contributed by atoms with van der Waals surface area (Å²) in [5.41, 5.74) is 1.68. The maximum atomic E-state index is 12.5. The van der Waals surface area contributed by atoms with Crippen LogP contribution in [0.2, 0.25) is 0 Å². The number of carbonyl (C=O) groups is 1. The standard InChI is InChI=1S/C16H18BrN3O2/c1-20-10-12(17)9-14(20)16(21)19-13-3-2-8-22-15(13)11-4-6-18-7-5-11/h4-7,9-10,13,15H,2-3,8H2,1H3,(H,19,21)/t13-,15+/m0/s1. The van der Waals surface area contributed by atoms with E-state index < -0.39 is 0 Å². The molecule has 1 saturated heterocycles. The second kappa shape index (κ2) is 6.62. The van der Waals surface area contributed by atoms with Crippen LogP contribution in [0, 0.1) is 0 Å². The third-order valence-corrected chi connectivity index (χ3v) is 4.31. The molecule has 1 aliphatic heterocycles. The number of nitrogens with one attached hydrogen (secondary N) is 1. The van der Waals surface area contributed by atoms with Crippen LogP contribution in [-0.4, -0.2) is 28.1 Å². The van der Waals surface area contributed by atoms with Crippen LogP contribution in [0.1, 0.15) is 35.0 Å². The molecule has 0 bridgehead atoms. The number of pyridine rings is 1. The number of halogens is 1. The summed E-state index contributed by atoms with van der Waals surface area (Å²) in [7, 11) is 1.86. The molecule has 1 aliphatic rings. The SMILES string of the molecule is Cn1cc(Br)cc1C(=O)N[C@H]1CCCO[C@@H]1c1ccncc1. The smallest absolute Gasteiger partial charge is 0.268 e. The monoisotopic (exact) mass is 363 g/mol. The fraction of sp³-hybridized carbons (Fsp3) is 0.375. The molecule has 5 nitrogen and oxygen atoms in total. The van der Waals surface area contributed by atoms with E-state index in [1.54, 1.807) is 12.4 Å². The van der Waals surface area contributed by atoms with Gasteiger partial charge in [0.2, 0.25) is 0 Å². The maximum Gasteiger partial charge on any atom is 0.268 e. The van der Waals surface area contributed by atoms with Gasteiger partial charge in [-0.05, 0) is 52.5 Å². The summed E-state index contributed by atoms with van der Waals surface area (Å²) in [4.78, 5) is 16.5. The van der Waals surface area contributed by atoms with Gasteiger partial charge in [0.25, 0.3) is 5.91 Å². The van der Waals surface area contributed by atoms with E-state index in [0.29, 0.717) is 5.69 Å². The van der Waals surface area contributed by atoms with Crippen molar-refractivity contribution in [2.75, 3.05) is 6.61 Å². The quantitative estimate of drug-likeness (QED) is 0.911. The van der Waals surface area contributed by atoms with Crippen LogP contribution < -0.4 is 5.32 Å². The molecule has 1 N–H and O–H groups in total. The van der Waals surface area contributed by atoms with E-state index in [-0.39, 0.29) is 18.1 Å². The highest BCUT2D eigenvalue weighted by molar-refractivity contribution is 9.10. The number of hydrogen-bond donors (Lipinski definition) is 1. The summed E-state index contributed by atoms with van der Waals surface area (Å²) < 4.78 is 8.59. The number of carbonyl (C=O) groups excluding carboxylic acids is 1. The van der Waals surface area contributed by atoms with Crippen LogP contribution in [0.15, 0.2) is 41.3 Å². The fourth-order valence-corrected chi connectivity index (χ4v) is 3.33. The molecule has 2 atom stereocenters. The molecule has 0 spiro atoms. The van der Waals surface area contributed by atoms with Gasteiger partial charge >= 0.3 is 0 Å². The first-order valence-corrected chi connectivity index (χ1v) is 8.08. The molecular formula is C16H18BrN3O2. The zero-order chi connectivity index (χ0) is 15.5. The Balaban J connectivity index is 1.77. The van der Waals surface area contributed by atoms with Gasteiger partial charge < -0.3 is 14.6 Å². The van der Waals surface area contributed by atoms with Crippen LogP contribution in [0.5, 0.6) is 0 Å². The number of nitrogens with zero attached hydrogens (tertiary/aromatic N) is 2. The first kappa shape index (κ1) is 15.2. The van der Waals surface area contributed by atoms with Gasteiger partial charge in [-0.2, -0.15) is 0 Å². The van der Waals surface area contributed by atoms with Gasteiger partial charge in [0.05, 0.1) is 6.04 Å². The zero-order valence-electron chi connectivity index (χ0n) is 12.3. The molecule has 3 rings (SSSR count). The number of hydrogen-bond acceptors (Lipinski definition) is 3. The average Bonchev–Trinajstić information content (AvgIpc) is 2.87. The molecule has 22 heavy (non-hydrogen) atoms. The molecule has 0 radical (unpaired) electrons. The molecule has 0 unspecified atom stereocenters. The number of amides is 1. The zero-order valence-corrected chi connectivity index (χ0v) is 13.9. The summed E-state index contributed by atoms with van der Waals surface area (Å²) in [6.07, 6.45) is 7.10. The highest BCUT2D eigenvalue weighted by Crippen LogP contribution is 2.28. The van der Waals surface area contributed by atoms with Crippen LogP contribution in [-0.2, 0) is 11.8 Å². The van der Waals surface area contributed by atoms with E-state index in [4.69, 9.17) is 4.74 Å². The lowest BCUT2D eigenvalue weighted by Crippen LogP contribution is -2.43. The molecule has 0 aliphatic carbocycles. The normalized spacial score (nSPS) is 21.5. The highest BCUT2D eigenvalue weighted by atomic mass is 79.9. The molecule has 1 amide bonds. The molecule has 3 heterocycles. The Labute approximate surface area is 137 Å². The van der Waals surface area contributed by atoms with Crippen molar-refractivity contribution in [3.63, 3.8) is 0 Å². The maximum absolute atomic E-state index is 12.5. The van der Waals surface area contributed by atoms with Gasteiger partial charge in [0, 0.05) is 36.7 Å². The van der Waals surface area contributed by atoms with E-state index in [1.807, 2.05) is 36.0 Å². The lowest BCUT2D eigenvalue weighted by molar-refractivity contribution is -0.00958. The second-order valence-corrected chi connectivity index (χ2v) is 6.36. The Morgan fingerprint density at radius 3 is 2.91 bits per heavy atom. The molecule has 6 heteroatoms. The van der Waals surface area contributed by atoms with Crippen molar-refractivity contribution in [3.8, 4) is 0 Å². The summed E-state index contributed by atoms with van der Waals surface area (Å²) in [5.74, 6) is -0.0808. The molecule has 2 aromatic rings. The van der Waals surface area contributed by atoms with Gasteiger partial charge in [-0.25, -0.2) is 0 Å². The molecule has 1 fully saturated rings. The van der Waals surface area contributed by atoms with Crippen molar-refractivity contribution in [2.45, 2.75) is 25.0 Å². The molecule has 0 aromatic carbocycles.